The van der Waals surface area contributed by atoms with Gasteiger partial charge in [0, 0.05) is 13.1 Å². The Hall–Kier alpha value is -0.590. The van der Waals surface area contributed by atoms with Gasteiger partial charge in [0.15, 0.2) is 0 Å². The number of halogens is 1. The SMILES string of the molecule is CCN(CC1CCC1)c1nc[nH]c(=O)c1I. The summed E-state index contributed by atoms with van der Waals surface area (Å²) in [4.78, 5) is 20.6. The summed E-state index contributed by atoms with van der Waals surface area (Å²) in [6.07, 6.45) is 5.47. The van der Waals surface area contributed by atoms with E-state index in [1.54, 1.807) is 0 Å². The Morgan fingerprint density at radius 1 is 1.62 bits per heavy atom. The van der Waals surface area contributed by atoms with E-state index in [1.165, 1.54) is 25.6 Å². The average Bonchev–Trinajstić information content (AvgIpc) is 2.22. The molecule has 16 heavy (non-hydrogen) atoms. The van der Waals surface area contributed by atoms with Crippen LogP contribution in [0.25, 0.3) is 0 Å². The lowest BCUT2D eigenvalue weighted by atomic mass is 9.85. The van der Waals surface area contributed by atoms with Crippen LogP contribution < -0.4 is 10.5 Å². The van der Waals surface area contributed by atoms with Gasteiger partial charge in [0.2, 0.25) is 0 Å². The second kappa shape index (κ2) is 5.16. The molecule has 1 N–H and O–H groups in total. The molecular formula is C11H16IN3O. The van der Waals surface area contributed by atoms with E-state index in [1.807, 2.05) is 0 Å². The number of aromatic amines is 1. The quantitative estimate of drug-likeness (QED) is 0.858. The predicted molar refractivity (Wildman–Crippen MR) is 72.8 cm³/mol. The van der Waals surface area contributed by atoms with Crippen LogP contribution in [0.5, 0.6) is 0 Å². The molecule has 0 aliphatic heterocycles. The summed E-state index contributed by atoms with van der Waals surface area (Å²) in [5, 5.41) is 0. The van der Waals surface area contributed by atoms with Gasteiger partial charge in [-0.05, 0) is 48.3 Å². The Morgan fingerprint density at radius 2 is 2.38 bits per heavy atom. The highest BCUT2D eigenvalue weighted by Gasteiger charge is 2.22. The highest BCUT2D eigenvalue weighted by Crippen LogP contribution is 2.28. The Bertz CT molecular complexity index is 414. The molecule has 1 aliphatic rings. The zero-order valence-corrected chi connectivity index (χ0v) is 11.5. The second-order valence-corrected chi connectivity index (χ2v) is 5.28. The summed E-state index contributed by atoms with van der Waals surface area (Å²) < 4.78 is 0.696. The van der Waals surface area contributed by atoms with Crippen LogP contribution in [0.2, 0.25) is 0 Å². The molecule has 1 heterocycles. The van der Waals surface area contributed by atoms with Crippen molar-refractivity contribution in [2.24, 2.45) is 5.92 Å². The molecule has 0 radical (unpaired) electrons. The molecule has 0 aromatic carbocycles. The number of nitrogens with one attached hydrogen (secondary N) is 1. The Labute approximate surface area is 109 Å². The largest absolute Gasteiger partial charge is 0.356 e. The maximum Gasteiger partial charge on any atom is 0.266 e. The molecule has 0 saturated heterocycles. The lowest BCUT2D eigenvalue weighted by molar-refractivity contribution is 0.318. The maximum atomic E-state index is 11.5. The zero-order chi connectivity index (χ0) is 11.5. The van der Waals surface area contributed by atoms with Crippen LogP contribution in [0.3, 0.4) is 0 Å². The first kappa shape index (κ1) is 11.9. The zero-order valence-electron chi connectivity index (χ0n) is 9.37. The molecule has 1 aliphatic carbocycles. The Morgan fingerprint density at radius 3 is 2.94 bits per heavy atom. The van der Waals surface area contributed by atoms with Crippen molar-refractivity contribution in [3.05, 3.63) is 20.3 Å². The van der Waals surface area contributed by atoms with Crippen molar-refractivity contribution in [1.29, 1.82) is 0 Å². The van der Waals surface area contributed by atoms with Crippen LogP contribution in [-0.2, 0) is 0 Å². The van der Waals surface area contributed by atoms with Crippen molar-refractivity contribution in [2.75, 3.05) is 18.0 Å². The highest BCUT2D eigenvalue weighted by atomic mass is 127. The van der Waals surface area contributed by atoms with E-state index in [0.717, 1.165) is 24.8 Å². The molecule has 0 spiro atoms. The van der Waals surface area contributed by atoms with Crippen molar-refractivity contribution in [3.8, 4) is 0 Å². The van der Waals surface area contributed by atoms with E-state index in [-0.39, 0.29) is 5.56 Å². The fourth-order valence-electron chi connectivity index (χ4n) is 1.95. The molecule has 0 amide bonds. The van der Waals surface area contributed by atoms with E-state index in [4.69, 9.17) is 0 Å². The van der Waals surface area contributed by atoms with E-state index < -0.39 is 0 Å². The molecule has 0 atom stereocenters. The fourth-order valence-corrected chi connectivity index (χ4v) is 2.58. The van der Waals surface area contributed by atoms with Gasteiger partial charge in [-0.25, -0.2) is 4.98 Å². The van der Waals surface area contributed by atoms with Crippen molar-refractivity contribution in [1.82, 2.24) is 9.97 Å². The van der Waals surface area contributed by atoms with Crippen molar-refractivity contribution in [3.63, 3.8) is 0 Å². The van der Waals surface area contributed by atoms with E-state index in [2.05, 4.69) is 44.4 Å². The number of hydrogen-bond acceptors (Lipinski definition) is 3. The maximum absolute atomic E-state index is 11.5. The average molecular weight is 333 g/mol. The smallest absolute Gasteiger partial charge is 0.266 e. The highest BCUT2D eigenvalue weighted by molar-refractivity contribution is 14.1. The second-order valence-electron chi connectivity index (χ2n) is 4.20. The predicted octanol–water partition coefficient (Wildman–Crippen LogP) is 2.00. The third kappa shape index (κ3) is 2.39. The molecule has 88 valence electrons. The topological polar surface area (TPSA) is 49.0 Å². The van der Waals surface area contributed by atoms with Crippen molar-refractivity contribution in [2.45, 2.75) is 26.2 Å². The molecule has 0 unspecified atom stereocenters. The van der Waals surface area contributed by atoms with Crippen LogP contribution in [0.1, 0.15) is 26.2 Å². The summed E-state index contributed by atoms with van der Waals surface area (Å²) in [6.45, 7) is 4.05. The van der Waals surface area contributed by atoms with E-state index in [9.17, 15) is 4.79 Å². The van der Waals surface area contributed by atoms with Crippen molar-refractivity contribution >= 4 is 28.4 Å². The standard InChI is InChI=1S/C11H16IN3O/c1-2-15(6-8-4-3-5-8)10-9(12)11(16)14-7-13-10/h7-8H,2-6H2,1H3,(H,13,14,16). The number of nitrogens with zero attached hydrogens (tertiary/aromatic N) is 2. The molecule has 5 heteroatoms. The van der Waals surface area contributed by atoms with E-state index in [0.29, 0.717) is 3.57 Å². The van der Waals surface area contributed by atoms with Gasteiger partial charge in [-0.1, -0.05) is 6.42 Å². The third-order valence-corrected chi connectivity index (χ3v) is 4.14. The monoisotopic (exact) mass is 333 g/mol. The molecule has 1 aromatic rings. The van der Waals surface area contributed by atoms with Gasteiger partial charge in [0.25, 0.3) is 5.56 Å². The van der Waals surface area contributed by atoms with Crippen molar-refractivity contribution < 1.29 is 0 Å². The lowest BCUT2D eigenvalue weighted by Crippen LogP contribution is -2.34. The number of rotatable bonds is 4. The first-order valence-corrected chi connectivity index (χ1v) is 6.78. The summed E-state index contributed by atoms with van der Waals surface area (Å²) in [7, 11) is 0. The minimum absolute atomic E-state index is 0.0438. The minimum Gasteiger partial charge on any atom is -0.356 e. The third-order valence-electron chi connectivity index (χ3n) is 3.16. The van der Waals surface area contributed by atoms with Gasteiger partial charge in [-0.3, -0.25) is 4.79 Å². The van der Waals surface area contributed by atoms with E-state index >= 15 is 0 Å². The molecule has 4 nitrogen and oxygen atoms in total. The van der Waals surface area contributed by atoms with Gasteiger partial charge in [0.05, 0.1) is 6.33 Å². The van der Waals surface area contributed by atoms with Gasteiger partial charge < -0.3 is 9.88 Å². The summed E-state index contributed by atoms with van der Waals surface area (Å²) in [6, 6.07) is 0. The van der Waals surface area contributed by atoms with Crippen LogP contribution in [0.15, 0.2) is 11.1 Å². The number of anilines is 1. The molecule has 1 aromatic heterocycles. The van der Waals surface area contributed by atoms with Gasteiger partial charge in [0.1, 0.15) is 9.39 Å². The summed E-state index contributed by atoms with van der Waals surface area (Å²) in [5.74, 6) is 1.62. The van der Waals surface area contributed by atoms with Crippen LogP contribution in [0, 0.1) is 9.49 Å². The van der Waals surface area contributed by atoms with Crippen LogP contribution in [-0.4, -0.2) is 23.1 Å². The Kier molecular flexibility index (Phi) is 3.83. The van der Waals surface area contributed by atoms with Crippen LogP contribution in [0.4, 0.5) is 5.82 Å². The first-order valence-electron chi connectivity index (χ1n) is 5.70. The molecule has 1 saturated carbocycles. The molecular weight excluding hydrogens is 317 g/mol. The van der Waals surface area contributed by atoms with Gasteiger partial charge in [-0.2, -0.15) is 0 Å². The van der Waals surface area contributed by atoms with Gasteiger partial charge >= 0.3 is 0 Å². The number of hydrogen-bond donors (Lipinski definition) is 1. The van der Waals surface area contributed by atoms with Gasteiger partial charge in [-0.15, -0.1) is 0 Å². The fraction of sp³-hybridized carbons (Fsp3) is 0.636. The summed E-state index contributed by atoms with van der Waals surface area (Å²) >= 11 is 2.07. The first-order chi connectivity index (χ1) is 7.72. The lowest BCUT2D eigenvalue weighted by Gasteiger charge is -2.32. The molecule has 1 fully saturated rings. The number of aromatic nitrogens is 2. The minimum atomic E-state index is -0.0438. The summed E-state index contributed by atoms with van der Waals surface area (Å²) in [5.41, 5.74) is -0.0438. The number of H-pyrrole nitrogens is 1. The molecule has 2 rings (SSSR count). The van der Waals surface area contributed by atoms with Crippen LogP contribution >= 0.6 is 22.6 Å². The molecule has 0 bridgehead atoms. The Balaban J connectivity index is 2.18. The normalized spacial score (nSPS) is 15.9.